The number of hydrogen-bond donors (Lipinski definition) is 2. The lowest BCUT2D eigenvalue weighted by Gasteiger charge is -2.15. The zero-order chi connectivity index (χ0) is 19.7. The first kappa shape index (κ1) is 18.7. The quantitative estimate of drug-likeness (QED) is 0.363. The summed E-state index contributed by atoms with van der Waals surface area (Å²) in [6.07, 6.45) is 1.38. The topological polar surface area (TPSA) is 93.5 Å². The van der Waals surface area contributed by atoms with E-state index in [-0.39, 0.29) is 10.7 Å². The SMILES string of the molecule is CCOc1ccc2nc(Sc3ccc(C=C4C(=O)NC(=S)NC4=O)o3)sc2c1. The molecule has 0 radical (unpaired) electrons. The largest absolute Gasteiger partial charge is 0.494 e. The number of thiazole rings is 1. The Labute approximate surface area is 173 Å². The van der Waals surface area contributed by atoms with Crippen molar-refractivity contribution in [3.8, 4) is 5.75 Å². The number of hydrogen-bond acceptors (Lipinski definition) is 8. The van der Waals surface area contributed by atoms with Crippen LogP contribution in [0.25, 0.3) is 16.3 Å². The highest BCUT2D eigenvalue weighted by Gasteiger charge is 2.26. The number of benzene rings is 1. The van der Waals surface area contributed by atoms with E-state index in [1.54, 1.807) is 12.1 Å². The first-order valence-electron chi connectivity index (χ1n) is 8.21. The molecular formula is C18H13N3O4S3. The van der Waals surface area contributed by atoms with Gasteiger partial charge in [0.25, 0.3) is 11.8 Å². The van der Waals surface area contributed by atoms with E-state index in [4.69, 9.17) is 21.4 Å². The second kappa shape index (κ2) is 7.74. The number of ether oxygens (including phenoxy) is 1. The van der Waals surface area contributed by atoms with Gasteiger partial charge in [0.2, 0.25) is 0 Å². The van der Waals surface area contributed by atoms with E-state index in [1.165, 1.54) is 29.2 Å². The van der Waals surface area contributed by atoms with Gasteiger partial charge in [0.05, 0.1) is 16.8 Å². The van der Waals surface area contributed by atoms with E-state index in [1.807, 2.05) is 25.1 Å². The lowest BCUT2D eigenvalue weighted by Crippen LogP contribution is -2.51. The number of carbonyl (C=O) groups is 2. The van der Waals surface area contributed by atoms with Crippen LogP contribution in [-0.4, -0.2) is 28.5 Å². The fraction of sp³-hybridized carbons (Fsp3) is 0.111. The van der Waals surface area contributed by atoms with Gasteiger partial charge in [-0.25, -0.2) is 4.98 Å². The summed E-state index contributed by atoms with van der Waals surface area (Å²) in [5.41, 5.74) is 0.819. The van der Waals surface area contributed by atoms with Crippen molar-refractivity contribution in [3.63, 3.8) is 0 Å². The Balaban J connectivity index is 1.53. The summed E-state index contributed by atoms with van der Waals surface area (Å²) in [6.45, 7) is 2.55. The average molecular weight is 432 g/mol. The predicted molar refractivity (Wildman–Crippen MR) is 110 cm³/mol. The molecule has 1 aromatic carbocycles. The van der Waals surface area contributed by atoms with Crippen LogP contribution in [0.15, 0.2) is 49.8 Å². The van der Waals surface area contributed by atoms with Crippen LogP contribution in [0.1, 0.15) is 12.7 Å². The van der Waals surface area contributed by atoms with Crippen LogP contribution < -0.4 is 15.4 Å². The number of fused-ring (bicyclic) bond motifs is 1. The van der Waals surface area contributed by atoms with E-state index in [2.05, 4.69) is 15.6 Å². The Kier molecular flexibility index (Phi) is 5.16. The van der Waals surface area contributed by atoms with Gasteiger partial charge in [0, 0.05) is 0 Å². The van der Waals surface area contributed by atoms with Crippen LogP contribution >= 0.6 is 35.3 Å². The smallest absolute Gasteiger partial charge is 0.263 e. The maximum Gasteiger partial charge on any atom is 0.263 e. The molecule has 2 amide bonds. The zero-order valence-corrected chi connectivity index (χ0v) is 16.9. The van der Waals surface area contributed by atoms with E-state index in [0.29, 0.717) is 17.5 Å². The molecule has 2 aromatic heterocycles. The Morgan fingerprint density at radius 1 is 1.25 bits per heavy atom. The molecule has 0 aliphatic carbocycles. The highest BCUT2D eigenvalue weighted by molar-refractivity contribution is 8.01. The second-order valence-electron chi connectivity index (χ2n) is 5.60. The number of thiocarbonyl (C=S) groups is 1. The van der Waals surface area contributed by atoms with Crippen molar-refractivity contribution in [1.82, 2.24) is 15.6 Å². The van der Waals surface area contributed by atoms with Gasteiger partial charge in [-0.1, -0.05) is 0 Å². The van der Waals surface area contributed by atoms with Crippen molar-refractivity contribution in [2.24, 2.45) is 0 Å². The van der Waals surface area contributed by atoms with Gasteiger partial charge < -0.3 is 9.15 Å². The van der Waals surface area contributed by atoms with Gasteiger partial charge in [0.15, 0.2) is 14.5 Å². The third kappa shape index (κ3) is 3.93. The molecule has 3 heterocycles. The molecule has 1 fully saturated rings. The van der Waals surface area contributed by atoms with Crippen LogP contribution in [0.3, 0.4) is 0 Å². The van der Waals surface area contributed by atoms with E-state index in [9.17, 15) is 9.59 Å². The van der Waals surface area contributed by atoms with Crippen molar-refractivity contribution < 1.29 is 18.7 Å². The average Bonchev–Trinajstić information content (AvgIpc) is 3.24. The monoisotopic (exact) mass is 431 g/mol. The van der Waals surface area contributed by atoms with Crippen LogP contribution in [0, 0.1) is 0 Å². The van der Waals surface area contributed by atoms with Crippen molar-refractivity contribution in [3.05, 3.63) is 41.7 Å². The Hall–Kier alpha value is -2.69. The fourth-order valence-electron chi connectivity index (χ4n) is 2.49. The molecule has 142 valence electrons. The summed E-state index contributed by atoms with van der Waals surface area (Å²) >= 11 is 7.67. The third-order valence-electron chi connectivity index (χ3n) is 3.67. The predicted octanol–water partition coefficient (Wildman–Crippen LogP) is 3.35. The van der Waals surface area contributed by atoms with Gasteiger partial charge in [-0.15, -0.1) is 11.3 Å². The summed E-state index contributed by atoms with van der Waals surface area (Å²) < 4.78 is 13.1. The lowest BCUT2D eigenvalue weighted by atomic mass is 10.1. The molecule has 1 saturated heterocycles. The number of carbonyl (C=O) groups excluding carboxylic acids is 2. The molecule has 1 aliphatic heterocycles. The van der Waals surface area contributed by atoms with Gasteiger partial charge in [-0.05, 0) is 67.3 Å². The van der Waals surface area contributed by atoms with Crippen LogP contribution in [0.5, 0.6) is 5.75 Å². The van der Waals surface area contributed by atoms with Crippen LogP contribution in [0.4, 0.5) is 0 Å². The molecule has 0 bridgehead atoms. The highest BCUT2D eigenvalue weighted by Crippen LogP contribution is 2.36. The number of nitrogens with one attached hydrogen (secondary N) is 2. The first-order chi connectivity index (χ1) is 13.5. The molecular weight excluding hydrogens is 418 g/mol. The summed E-state index contributed by atoms with van der Waals surface area (Å²) in [5.74, 6) is 0.0762. The Morgan fingerprint density at radius 3 is 2.79 bits per heavy atom. The van der Waals surface area contributed by atoms with Gasteiger partial charge >= 0.3 is 0 Å². The van der Waals surface area contributed by atoms with E-state index >= 15 is 0 Å². The van der Waals surface area contributed by atoms with Crippen LogP contribution in [-0.2, 0) is 9.59 Å². The lowest BCUT2D eigenvalue weighted by molar-refractivity contribution is -0.123. The molecule has 1 aliphatic rings. The molecule has 10 heteroatoms. The minimum atomic E-state index is -0.560. The normalized spacial score (nSPS) is 14.2. The first-order valence-corrected chi connectivity index (χ1v) is 10.3. The minimum Gasteiger partial charge on any atom is -0.494 e. The highest BCUT2D eigenvalue weighted by atomic mass is 32.2. The third-order valence-corrected chi connectivity index (χ3v) is 5.87. The Morgan fingerprint density at radius 2 is 2.04 bits per heavy atom. The molecule has 0 unspecified atom stereocenters. The van der Waals surface area contributed by atoms with Gasteiger partial charge in [-0.2, -0.15) is 0 Å². The summed E-state index contributed by atoms with van der Waals surface area (Å²) in [7, 11) is 0. The summed E-state index contributed by atoms with van der Waals surface area (Å²) in [6, 6.07) is 9.22. The molecule has 0 atom stereocenters. The number of nitrogens with zero attached hydrogens (tertiary/aromatic N) is 1. The molecule has 2 N–H and O–H groups in total. The molecule has 28 heavy (non-hydrogen) atoms. The van der Waals surface area contributed by atoms with Crippen molar-refractivity contribution in [2.45, 2.75) is 16.4 Å². The summed E-state index contributed by atoms with van der Waals surface area (Å²) in [5, 5.41) is 5.36. The maximum absolute atomic E-state index is 11.9. The van der Waals surface area contributed by atoms with Gasteiger partial charge in [-0.3, -0.25) is 20.2 Å². The number of aromatic nitrogens is 1. The second-order valence-corrected chi connectivity index (χ2v) is 8.29. The number of furan rings is 1. The molecule has 3 aromatic rings. The standard InChI is InChI=1S/C18H13N3O4S3/c1-2-24-9-3-5-12-13(8-9)27-18(19-12)28-14-6-4-10(25-14)7-11-15(22)20-17(26)21-16(11)23/h3-8H,2H2,1H3,(H2,20,21,22,23,26). The number of rotatable bonds is 5. The van der Waals surface area contributed by atoms with Crippen LogP contribution in [0.2, 0.25) is 0 Å². The fourth-order valence-corrected chi connectivity index (χ4v) is 4.67. The minimum absolute atomic E-state index is 0.00818. The van der Waals surface area contributed by atoms with Gasteiger partial charge in [0.1, 0.15) is 17.1 Å². The van der Waals surface area contributed by atoms with E-state index in [0.717, 1.165) is 20.3 Å². The molecule has 0 saturated carbocycles. The van der Waals surface area contributed by atoms with E-state index < -0.39 is 11.8 Å². The summed E-state index contributed by atoms with van der Waals surface area (Å²) in [4.78, 5) is 28.4. The zero-order valence-electron chi connectivity index (χ0n) is 14.5. The molecule has 7 nitrogen and oxygen atoms in total. The van der Waals surface area contributed by atoms with Crippen molar-refractivity contribution in [2.75, 3.05) is 6.61 Å². The molecule has 0 spiro atoms. The Bertz CT molecular complexity index is 1110. The molecule has 4 rings (SSSR count). The van der Waals surface area contributed by atoms with Crippen molar-refractivity contribution in [1.29, 1.82) is 0 Å². The number of amides is 2. The van der Waals surface area contributed by atoms with Crippen molar-refractivity contribution >= 4 is 68.5 Å². The maximum atomic E-state index is 11.9.